The molecular weight excluding hydrogens is 390 g/mol. The van der Waals surface area contributed by atoms with Crippen LogP contribution < -0.4 is 14.9 Å². The van der Waals surface area contributed by atoms with E-state index < -0.39 is 22.5 Å². The first-order valence-electron chi connectivity index (χ1n) is 7.97. The zero-order valence-corrected chi connectivity index (χ0v) is 16.7. The number of rotatable bonds is 6. The van der Waals surface area contributed by atoms with Crippen LogP contribution in [0.1, 0.15) is 12.5 Å². The van der Waals surface area contributed by atoms with Crippen LogP contribution in [0.25, 0.3) is 0 Å². The van der Waals surface area contributed by atoms with Gasteiger partial charge in [0.05, 0.1) is 11.9 Å². The van der Waals surface area contributed by atoms with Crippen molar-refractivity contribution < 1.29 is 18.0 Å². The number of nitrogens with zero attached hydrogens (tertiary/aromatic N) is 1. The molecule has 2 N–H and O–H groups in total. The standard InChI is InChI=1S/C18H20ClN3O4S/c1-12-9-14(19)7-8-17(12)22(27(3,25)26)11-18(24)21-16-6-4-5-15(10-16)20-13(2)23/h4-10H,11H2,1-3H3,(H,20,23)(H,21,24). The first kappa shape index (κ1) is 20.7. The zero-order chi connectivity index (χ0) is 20.2. The van der Waals surface area contributed by atoms with Crippen molar-refractivity contribution in [2.45, 2.75) is 13.8 Å². The van der Waals surface area contributed by atoms with E-state index in [0.717, 1.165) is 10.6 Å². The minimum absolute atomic E-state index is 0.236. The molecule has 0 aliphatic heterocycles. The smallest absolute Gasteiger partial charge is 0.245 e. The van der Waals surface area contributed by atoms with Crippen LogP contribution in [0, 0.1) is 6.92 Å². The van der Waals surface area contributed by atoms with E-state index in [1.807, 2.05) is 0 Å². The van der Waals surface area contributed by atoms with Crippen LogP contribution in [0.4, 0.5) is 17.1 Å². The zero-order valence-electron chi connectivity index (χ0n) is 15.1. The number of anilines is 3. The van der Waals surface area contributed by atoms with Gasteiger partial charge >= 0.3 is 0 Å². The maximum absolute atomic E-state index is 12.4. The van der Waals surface area contributed by atoms with Gasteiger partial charge in [0.1, 0.15) is 6.54 Å². The van der Waals surface area contributed by atoms with Crippen molar-refractivity contribution in [3.63, 3.8) is 0 Å². The van der Waals surface area contributed by atoms with Crippen LogP contribution in [0.2, 0.25) is 5.02 Å². The highest BCUT2D eigenvalue weighted by molar-refractivity contribution is 7.92. The van der Waals surface area contributed by atoms with Gasteiger partial charge in [-0.15, -0.1) is 0 Å². The van der Waals surface area contributed by atoms with E-state index in [9.17, 15) is 18.0 Å². The van der Waals surface area contributed by atoms with Crippen molar-refractivity contribution >= 4 is 50.5 Å². The van der Waals surface area contributed by atoms with Gasteiger partial charge in [-0.05, 0) is 48.9 Å². The third kappa shape index (κ3) is 5.97. The number of aryl methyl sites for hydroxylation is 1. The molecule has 0 radical (unpaired) electrons. The summed E-state index contributed by atoms with van der Waals surface area (Å²) >= 11 is 5.92. The SMILES string of the molecule is CC(=O)Nc1cccc(NC(=O)CN(c2ccc(Cl)cc2C)S(C)(=O)=O)c1. The normalized spacial score (nSPS) is 11.0. The topological polar surface area (TPSA) is 95.6 Å². The van der Waals surface area contributed by atoms with Gasteiger partial charge in [0.25, 0.3) is 0 Å². The van der Waals surface area contributed by atoms with Crippen molar-refractivity contribution in [2.75, 3.05) is 27.7 Å². The Hall–Kier alpha value is -2.58. The molecule has 2 aromatic carbocycles. The summed E-state index contributed by atoms with van der Waals surface area (Å²) in [7, 11) is -3.69. The lowest BCUT2D eigenvalue weighted by molar-refractivity contribution is -0.115. The fourth-order valence-corrected chi connectivity index (χ4v) is 3.63. The number of sulfonamides is 1. The predicted molar refractivity (Wildman–Crippen MR) is 108 cm³/mol. The summed E-state index contributed by atoms with van der Waals surface area (Å²) in [6.07, 6.45) is 1.03. The number of amides is 2. The molecule has 0 bridgehead atoms. The van der Waals surface area contributed by atoms with Gasteiger partial charge in [-0.25, -0.2) is 8.42 Å². The number of hydrogen-bond donors (Lipinski definition) is 2. The van der Waals surface area contributed by atoms with E-state index in [1.54, 1.807) is 49.4 Å². The Kier molecular flexibility index (Phi) is 6.45. The van der Waals surface area contributed by atoms with Gasteiger partial charge in [-0.3, -0.25) is 13.9 Å². The fourth-order valence-electron chi connectivity index (χ4n) is 2.49. The quantitative estimate of drug-likeness (QED) is 0.766. The predicted octanol–water partition coefficient (Wildman–Crippen LogP) is 3.01. The lowest BCUT2D eigenvalue weighted by atomic mass is 10.2. The maximum Gasteiger partial charge on any atom is 0.245 e. The van der Waals surface area contributed by atoms with Crippen molar-refractivity contribution in [3.8, 4) is 0 Å². The van der Waals surface area contributed by atoms with E-state index in [0.29, 0.717) is 27.6 Å². The third-order valence-corrected chi connectivity index (χ3v) is 4.94. The number of carbonyl (C=O) groups excluding carboxylic acids is 2. The first-order chi connectivity index (χ1) is 12.6. The van der Waals surface area contributed by atoms with Crippen LogP contribution in [-0.2, 0) is 19.6 Å². The lowest BCUT2D eigenvalue weighted by Crippen LogP contribution is -2.37. The Bertz CT molecular complexity index is 976. The number of benzene rings is 2. The molecule has 0 aromatic heterocycles. The van der Waals surface area contributed by atoms with Gasteiger partial charge < -0.3 is 10.6 Å². The molecule has 7 nitrogen and oxygen atoms in total. The monoisotopic (exact) mass is 409 g/mol. The summed E-state index contributed by atoms with van der Waals surface area (Å²) in [5.74, 6) is -0.755. The molecule has 2 rings (SSSR count). The molecule has 2 aromatic rings. The number of halogens is 1. The summed E-state index contributed by atoms with van der Waals surface area (Å²) in [6, 6.07) is 11.3. The molecule has 0 aliphatic carbocycles. The molecule has 0 spiro atoms. The van der Waals surface area contributed by atoms with Gasteiger partial charge in [0.15, 0.2) is 0 Å². The molecule has 0 saturated carbocycles. The van der Waals surface area contributed by atoms with Gasteiger partial charge in [0.2, 0.25) is 21.8 Å². The maximum atomic E-state index is 12.4. The average Bonchev–Trinajstić information content (AvgIpc) is 2.52. The number of hydrogen-bond acceptors (Lipinski definition) is 4. The minimum atomic E-state index is -3.69. The van der Waals surface area contributed by atoms with Crippen molar-refractivity contribution in [2.24, 2.45) is 0 Å². The Morgan fingerprint density at radius 3 is 2.26 bits per heavy atom. The number of carbonyl (C=O) groups is 2. The van der Waals surface area contributed by atoms with Crippen LogP contribution in [0.5, 0.6) is 0 Å². The fraction of sp³-hybridized carbons (Fsp3) is 0.222. The third-order valence-electron chi connectivity index (χ3n) is 3.58. The Labute approximate surface area is 163 Å². The second kappa shape index (κ2) is 8.41. The van der Waals surface area contributed by atoms with Crippen LogP contribution in [0.15, 0.2) is 42.5 Å². The largest absolute Gasteiger partial charge is 0.326 e. The van der Waals surface area contributed by atoms with Crippen LogP contribution in [0.3, 0.4) is 0 Å². The van der Waals surface area contributed by atoms with Crippen molar-refractivity contribution in [3.05, 3.63) is 53.1 Å². The molecule has 0 unspecified atom stereocenters. The highest BCUT2D eigenvalue weighted by Crippen LogP contribution is 2.25. The summed E-state index contributed by atoms with van der Waals surface area (Å²) in [4.78, 5) is 23.6. The molecule has 0 fully saturated rings. The summed E-state index contributed by atoms with van der Waals surface area (Å²) in [6.45, 7) is 2.70. The van der Waals surface area contributed by atoms with Gasteiger partial charge in [-0.2, -0.15) is 0 Å². The Balaban J connectivity index is 2.21. The number of nitrogens with one attached hydrogen (secondary N) is 2. The molecule has 27 heavy (non-hydrogen) atoms. The van der Waals surface area contributed by atoms with E-state index in [4.69, 9.17) is 11.6 Å². The molecule has 0 aliphatic rings. The minimum Gasteiger partial charge on any atom is -0.326 e. The van der Waals surface area contributed by atoms with Gasteiger partial charge in [-0.1, -0.05) is 17.7 Å². The highest BCUT2D eigenvalue weighted by atomic mass is 35.5. The summed E-state index contributed by atoms with van der Waals surface area (Å²) < 4.78 is 25.4. The van der Waals surface area contributed by atoms with E-state index >= 15 is 0 Å². The van der Waals surface area contributed by atoms with E-state index in [2.05, 4.69) is 10.6 Å². The Morgan fingerprint density at radius 2 is 1.70 bits per heavy atom. The van der Waals surface area contributed by atoms with E-state index in [-0.39, 0.29) is 5.91 Å². The van der Waals surface area contributed by atoms with Crippen molar-refractivity contribution in [1.82, 2.24) is 0 Å². The second-order valence-electron chi connectivity index (χ2n) is 6.01. The highest BCUT2D eigenvalue weighted by Gasteiger charge is 2.22. The Morgan fingerprint density at radius 1 is 1.07 bits per heavy atom. The molecule has 0 atom stereocenters. The van der Waals surface area contributed by atoms with E-state index in [1.165, 1.54) is 6.92 Å². The first-order valence-corrected chi connectivity index (χ1v) is 10.2. The molecular formula is C18H20ClN3O4S. The molecule has 0 heterocycles. The van der Waals surface area contributed by atoms with Crippen LogP contribution >= 0.6 is 11.6 Å². The molecule has 2 amide bonds. The van der Waals surface area contributed by atoms with Crippen molar-refractivity contribution in [1.29, 1.82) is 0 Å². The van der Waals surface area contributed by atoms with Gasteiger partial charge in [0, 0.05) is 23.3 Å². The average molecular weight is 410 g/mol. The summed E-state index contributed by atoms with van der Waals surface area (Å²) in [5, 5.41) is 5.73. The molecule has 9 heteroatoms. The molecule has 0 saturated heterocycles. The molecule has 144 valence electrons. The van der Waals surface area contributed by atoms with Crippen LogP contribution in [-0.4, -0.2) is 33.0 Å². The second-order valence-corrected chi connectivity index (χ2v) is 8.35. The lowest BCUT2D eigenvalue weighted by Gasteiger charge is -2.23. The summed E-state index contributed by atoms with van der Waals surface area (Å²) in [5.41, 5.74) is 1.97.